The molecule has 4 N–H and O–H groups in total. The van der Waals surface area contributed by atoms with Gasteiger partial charge >= 0.3 is 47.7 Å². The zero-order chi connectivity index (χ0) is 8.73. The molecule has 0 aromatic rings. The Hall–Kier alpha value is -0.790. The van der Waals surface area contributed by atoms with Gasteiger partial charge in [-0.15, -0.1) is 0 Å². The molecule has 11 heavy (non-hydrogen) atoms. The van der Waals surface area contributed by atoms with Crippen molar-refractivity contribution in [1.82, 2.24) is 0 Å². The standard InChI is InChI=1S/C2H2O4.CH2O3.Na.H/c3-1(4)2(5)6;2-1(3)4;;/h(H,3,4)(H,5,6);(H2,2,3,4);;/q;;+1;-1. The third-order valence-corrected chi connectivity index (χ3v) is 0.183. The quantitative estimate of drug-likeness (QED) is 0.222. The van der Waals surface area contributed by atoms with Crippen LogP contribution in [0.3, 0.4) is 0 Å². The fraction of sp³-hybridized carbons (Fsp3) is 0. The molecule has 0 aromatic carbocycles. The summed E-state index contributed by atoms with van der Waals surface area (Å²) >= 11 is 0. The van der Waals surface area contributed by atoms with E-state index in [0.717, 1.165) is 0 Å². The van der Waals surface area contributed by atoms with Crippen molar-refractivity contribution in [3.8, 4) is 0 Å². The van der Waals surface area contributed by atoms with E-state index in [0.29, 0.717) is 0 Å². The van der Waals surface area contributed by atoms with Crippen LogP contribution in [0.15, 0.2) is 0 Å². The Bertz CT molecular complexity index is 141. The maximum atomic E-state index is 9.10. The zero-order valence-electron chi connectivity index (χ0n) is 6.51. The molecule has 0 aliphatic rings. The first-order chi connectivity index (χ1) is 4.37. The van der Waals surface area contributed by atoms with Crippen molar-refractivity contribution in [2.24, 2.45) is 0 Å². The monoisotopic (exact) mass is 176 g/mol. The largest absolute Gasteiger partial charge is 1.00 e. The molecule has 7 nitrogen and oxygen atoms in total. The van der Waals surface area contributed by atoms with Gasteiger partial charge in [-0.25, -0.2) is 14.4 Å². The van der Waals surface area contributed by atoms with E-state index in [4.69, 9.17) is 34.8 Å². The predicted molar refractivity (Wildman–Crippen MR) is 27.0 cm³/mol. The van der Waals surface area contributed by atoms with Gasteiger partial charge in [-0.05, 0) is 0 Å². The molecule has 60 valence electrons. The maximum absolute atomic E-state index is 9.10. The average molecular weight is 176 g/mol. The van der Waals surface area contributed by atoms with Gasteiger partial charge in [0.05, 0.1) is 0 Å². The molecular weight excluding hydrogens is 171 g/mol. The van der Waals surface area contributed by atoms with Gasteiger partial charge in [0.25, 0.3) is 0 Å². The molecule has 0 spiro atoms. The van der Waals surface area contributed by atoms with Crippen molar-refractivity contribution >= 4 is 18.1 Å². The molecule has 0 saturated carbocycles. The first kappa shape index (κ1) is 16.7. The van der Waals surface area contributed by atoms with E-state index in [-0.39, 0.29) is 31.0 Å². The number of rotatable bonds is 0. The van der Waals surface area contributed by atoms with Gasteiger partial charge in [0.15, 0.2) is 0 Å². The maximum Gasteiger partial charge on any atom is 1.00 e. The topological polar surface area (TPSA) is 132 Å². The summed E-state index contributed by atoms with van der Waals surface area (Å²) in [5.41, 5.74) is 0. The minimum absolute atomic E-state index is 0. The molecular formula is C3H5NaO7. The summed E-state index contributed by atoms with van der Waals surface area (Å²) in [6, 6.07) is 0. The molecule has 0 aliphatic heterocycles. The van der Waals surface area contributed by atoms with E-state index in [1.165, 1.54) is 0 Å². The molecule has 0 heterocycles. The number of hydrogen-bond acceptors (Lipinski definition) is 3. The van der Waals surface area contributed by atoms with Crippen LogP contribution in [0, 0.1) is 0 Å². The number of carboxylic acid groups (broad SMARTS) is 4. The van der Waals surface area contributed by atoms with Crippen molar-refractivity contribution < 1.29 is 65.8 Å². The second kappa shape index (κ2) is 9.21. The third-order valence-electron chi connectivity index (χ3n) is 0.183. The molecule has 8 heteroatoms. The smallest absolute Gasteiger partial charge is 1.00 e. The molecule has 0 aromatic heterocycles. The van der Waals surface area contributed by atoms with Crippen LogP contribution in [0.5, 0.6) is 0 Å². The molecule has 0 unspecified atom stereocenters. The van der Waals surface area contributed by atoms with Crippen molar-refractivity contribution in [1.29, 1.82) is 0 Å². The summed E-state index contributed by atoms with van der Waals surface area (Å²) in [7, 11) is 0. The third kappa shape index (κ3) is 46.5. The van der Waals surface area contributed by atoms with E-state index in [2.05, 4.69) is 0 Å². The van der Waals surface area contributed by atoms with Gasteiger partial charge in [0.1, 0.15) is 0 Å². The number of carboxylic acids is 2. The van der Waals surface area contributed by atoms with Crippen LogP contribution in [0.1, 0.15) is 1.43 Å². The fourth-order valence-corrected chi connectivity index (χ4v) is 0. The SMILES string of the molecule is O=C(O)C(=O)O.O=C(O)O.[H-].[Na+]. The Morgan fingerprint density at radius 2 is 0.909 bits per heavy atom. The van der Waals surface area contributed by atoms with Crippen molar-refractivity contribution in [3.63, 3.8) is 0 Å². The minimum atomic E-state index is -1.83. The van der Waals surface area contributed by atoms with Crippen LogP contribution in [0.2, 0.25) is 0 Å². The molecule has 0 aliphatic carbocycles. The van der Waals surface area contributed by atoms with Gasteiger partial charge < -0.3 is 21.9 Å². The molecule has 0 bridgehead atoms. The fourth-order valence-electron chi connectivity index (χ4n) is 0. The Morgan fingerprint density at radius 1 is 0.818 bits per heavy atom. The van der Waals surface area contributed by atoms with Gasteiger partial charge in [0.2, 0.25) is 0 Å². The summed E-state index contributed by atoms with van der Waals surface area (Å²) < 4.78 is 0. The van der Waals surface area contributed by atoms with Crippen LogP contribution < -0.4 is 29.6 Å². The van der Waals surface area contributed by atoms with Crippen molar-refractivity contribution in [3.05, 3.63) is 0 Å². The Labute approximate surface area is 84.0 Å². The first-order valence-electron chi connectivity index (χ1n) is 1.76. The Balaban J connectivity index is -0.0000000483. The minimum Gasteiger partial charge on any atom is -1.00 e. The van der Waals surface area contributed by atoms with Crippen LogP contribution in [0.25, 0.3) is 0 Å². The van der Waals surface area contributed by atoms with E-state index in [9.17, 15) is 0 Å². The van der Waals surface area contributed by atoms with Crippen molar-refractivity contribution in [2.45, 2.75) is 0 Å². The summed E-state index contributed by atoms with van der Waals surface area (Å²) in [6.07, 6.45) is -1.83. The van der Waals surface area contributed by atoms with E-state index >= 15 is 0 Å². The van der Waals surface area contributed by atoms with Crippen molar-refractivity contribution in [2.75, 3.05) is 0 Å². The normalized spacial score (nSPS) is 6.18. The summed E-state index contributed by atoms with van der Waals surface area (Å²) in [6.45, 7) is 0. The second-order valence-electron chi connectivity index (χ2n) is 0.893. The van der Waals surface area contributed by atoms with Crippen LogP contribution in [0.4, 0.5) is 4.79 Å². The van der Waals surface area contributed by atoms with E-state index in [1.54, 1.807) is 0 Å². The molecule has 0 saturated heterocycles. The van der Waals surface area contributed by atoms with Gasteiger partial charge in [-0.3, -0.25) is 0 Å². The number of carbonyl (C=O) groups is 3. The van der Waals surface area contributed by atoms with Crippen LogP contribution in [-0.2, 0) is 9.59 Å². The van der Waals surface area contributed by atoms with E-state index in [1.807, 2.05) is 0 Å². The predicted octanol–water partition coefficient (Wildman–Crippen LogP) is -3.51. The number of hydrogen-bond donors (Lipinski definition) is 4. The Kier molecular flexibility index (Phi) is 13.9. The van der Waals surface area contributed by atoms with Crippen LogP contribution in [-0.4, -0.2) is 38.5 Å². The second-order valence-corrected chi connectivity index (χ2v) is 0.893. The zero-order valence-corrected chi connectivity index (χ0v) is 7.51. The average Bonchev–Trinajstić information content (AvgIpc) is 1.63. The Morgan fingerprint density at radius 3 is 0.909 bits per heavy atom. The molecule has 0 atom stereocenters. The summed E-state index contributed by atoms with van der Waals surface area (Å²) in [5, 5.41) is 28.7. The molecule has 0 amide bonds. The van der Waals surface area contributed by atoms with Crippen LogP contribution >= 0.6 is 0 Å². The van der Waals surface area contributed by atoms with Gasteiger partial charge in [0, 0.05) is 0 Å². The molecule has 0 rings (SSSR count). The summed E-state index contributed by atoms with van der Waals surface area (Å²) in [4.78, 5) is 26.8. The molecule has 0 radical (unpaired) electrons. The summed E-state index contributed by atoms with van der Waals surface area (Å²) in [5.74, 6) is -3.65. The van der Waals surface area contributed by atoms with Gasteiger partial charge in [-0.2, -0.15) is 0 Å². The number of aliphatic carboxylic acids is 2. The first-order valence-corrected chi connectivity index (χ1v) is 1.76. The van der Waals surface area contributed by atoms with Gasteiger partial charge in [-0.1, -0.05) is 0 Å². The van der Waals surface area contributed by atoms with E-state index < -0.39 is 18.1 Å². The molecule has 0 fully saturated rings.